The first-order valence-electron chi connectivity index (χ1n) is 6.79. The highest BCUT2D eigenvalue weighted by atomic mass is 32.2. The predicted molar refractivity (Wildman–Crippen MR) is 81.0 cm³/mol. The zero-order valence-corrected chi connectivity index (χ0v) is 12.1. The molecule has 0 heterocycles. The van der Waals surface area contributed by atoms with Crippen molar-refractivity contribution in [3.63, 3.8) is 0 Å². The molecule has 0 radical (unpaired) electrons. The van der Waals surface area contributed by atoms with Crippen molar-refractivity contribution in [3.05, 3.63) is 30.3 Å². The summed E-state index contributed by atoms with van der Waals surface area (Å²) in [7, 11) is 0. The monoisotopic (exact) mass is 279 g/mol. The topological polar surface area (TPSA) is 40.5 Å². The van der Waals surface area contributed by atoms with Gasteiger partial charge < -0.3 is 10.0 Å². The van der Waals surface area contributed by atoms with Gasteiger partial charge in [-0.3, -0.25) is 0 Å². The van der Waals surface area contributed by atoms with Gasteiger partial charge in [0.05, 0.1) is 0 Å². The Kier molecular flexibility index (Phi) is 5.14. The Labute approximate surface area is 119 Å². The Morgan fingerprint density at radius 2 is 2.11 bits per heavy atom. The molecule has 0 amide bonds. The summed E-state index contributed by atoms with van der Waals surface area (Å²) >= 11 is 1.71. The Morgan fingerprint density at radius 1 is 1.42 bits per heavy atom. The highest BCUT2D eigenvalue weighted by Gasteiger charge is 2.34. The van der Waals surface area contributed by atoms with Crippen molar-refractivity contribution < 1.29 is 9.90 Å². The lowest BCUT2D eigenvalue weighted by atomic mass is 9.89. The van der Waals surface area contributed by atoms with Crippen molar-refractivity contribution in [2.45, 2.75) is 37.8 Å². The summed E-state index contributed by atoms with van der Waals surface area (Å²) in [6, 6.07) is 9.97. The molecule has 2 rings (SSSR count). The molecule has 1 N–H and O–H groups in total. The van der Waals surface area contributed by atoms with Crippen LogP contribution in [0.1, 0.15) is 25.7 Å². The molecule has 1 atom stereocenters. The summed E-state index contributed by atoms with van der Waals surface area (Å²) in [5, 5.41) is 9.55. The third-order valence-corrected chi connectivity index (χ3v) is 4.38. The van der Waals surface area contributed by atoms with Crippen LogP contribution in [0.5, 0.6) is 0 Å². The molecular formula is C15H21NO2S. The van der Waals surface area contributed by atoms with Crippen LogP contribution in [0.2, 0.25) is 0 Å². The number of aliphatic carboxylic acids is 1. The minimum absolute atomic E-state index is 0.394. The smallest absolute Gasteiger partial charge is 0.326 e. The Hall–Kier alpha value is -1.16. The minimum atomic E-state index is -0.704. The van der Waals surface area contributed by atoms with Gasteiger partial charge in [-0.2, -0.15) is 11.8 Å². The van der Waals surface area contributed by atoms with Gasteiger partial charge in [-0.15, -0.1) is 0 Å². The fraction of sp³-hybridized carbons (Fsp3) is 0.533. The number of anilines is 1. The fourth-order valence-electron chi connectivity index (χ4n) is 2.52. The summed E-state index contributed by atoms with van der Waals surface area (Å²) in [4.78, 5) is 13.7. The standard InChI is InChI=1S/C15H21NO2S/c1-19-11-10-14(15(17)18)16(13-8-5-9-13)12-6-3-2-4-7-12/h2-4,6-7,13-14H,5,8-11H2,1H3,(H,17,18)/t14-/m0/s1. The number of para-hydroxylation sites is 1. The molecule has 0 unspecified atom stereocenters. The van der Waals surface area contributed by atoms with Gasteiger partial charge >= 0.3 is 5.97 Å². The summed E-state index contributed by atoms with van der Waals surface area (Å²) < 4.78 is 0. The van der Waals surface area contributed by atoms with Gasteiger partial charge in [0.25, 0.3) is 0 Å². The summed E-state index contributed by atoms with van der Waals surface area (Å²) in [6.07, 6.45) is 6.15. The fourth-order valence-corrected chi connectivity index (χ4v) is 2.98. The van der Waals surface area contributed by atoms with E-state index in [9.17, 15) is 9.90 Å². The lowest BCUT2D eigenvalue weighted by Gasteiger charge is -2.42. The summed E-state index contributed by atoms with van der Waals surface area (Å²) in [6.45, 7) is 0. The first kappa shape index (κ1) is 14.3. The molecule has 19 heavy (non-hydrogen) atoms. The predicted octanol–water partition coefficient (Wildman–Crippen LogP) is 3.25. The Morgan fingerprint density at radius 3 is 2.58 bits per heavy atom. The molecule has 1 aliphatic rings. The molecule has 1 aromatic rings. The lowest BCUT2D eigenvalue weighted by molar-refractivity contribution is -0.138. The van der Waals surface area contributed by atoms with Crippen LogP contribution in [0.15, 0.2) is 30.3 Å². The molecule has 1 fully saturated rings. The van der Waals surface area contributed by atoms with Crippen molar-refractivity contribution >= 4 is 23.4 Å². The van der Waals surface area contributed by atoms with Gasteiger partial charge in [0.15, 0.2) is 0 Å². The van der Waals surface area contributed by atoms with Crippen LogP contribution < -0.4 is 4.90 Å². The maximum absolute atomic E-state index is 11.6. The number of nitrogens with zero attached hydrogens (tertiary/aromatic N) is 1. The third-order valence-electron chi connectivity index (χ3n) is 3.74. The molecule has 0 spiro atoms. The maximum atomic E-state index is 11.6. The van der Waals surface area contributed by atoms with E-state index in [1.54, 1.807) is 11.8 Å². The number of hydrogen-bond donors (Lipinski definition) is 1. The van der Waals surface area contributed by atoms with Gasteiger partial charge in [0, 0.05) is 11.7 Å². The van der Waals surface area contributed by atoms with Gasteiger partial charge in [0.1, 0.15) is 6.04 Å². The Balaban J connectivity index is 2.22. The van der Waals surface area contributed by atoms with Crippen LogP contribution in [0.3, 0.4) is 0 Å². The largest absolute Gasteiger partial charge is 0.480 e. The average molecular weight is 279 g/mol. The van der Waals surface area contributed by atoms with E-state index in [1.165, 1.54) is 6.42 Å². The van der Waals surface area contributed by atoms with Crippen molar-refractivity contribution in [3.8, 4) is 0 Å². The van der Waals surface area contributed by atoms with E-state index < -0.39 is 12.0 Å². The summed E-state index contributed by atoms with van der Waals surface area (Å²) in [5.74, 6) is 0.178. The van der Waals surface area contributed by atoms with Crippen molar-refractivity contribution in [1.82, 2.24) is 0 Å². The van der Waals surface area contributed by atoms with Gasteiger partial charge in [-0.25, -0.2) is 4.79 Å². The SMILES string of the molecule is CSCC[C@@H](C(=O)O)N(c1ccccc1)C1CCC1. The highest BCUT2D eigenvalue weighted by Crippen LogP contribution is 2.32. The van der Waals surface area contributed by atoms with Crippen molar-refractivity contribution in [2.75, 3.05) is 16.9 Å². The Bertz CT molecular complexity index is 406. The van der Waals surface area contributed by atoms with E-state index in [2.05, 4.69) is 4.90 Å². The first-order chi connectivity index (χ1) is 9.24. The normalized spacial score (nSPS) is 16.7. The minimum Gasteiger partial charge on any atom is -0.480 e. The van der Waals surface area contributed by atoms with Crippen LogP contribution in [-0.2, 0) is 4.79 Å². The number of carboxylic acid groups (broad SMARTS) is 1. The van der Waals surface area contributed by atoms with Crippen LogP contribution in [0.25, 0.3) is 0 Å². The van der Waals surface area contributed by atoms with Crippen LogP contribution in [0.4, 0.5) is 5.69 Å². The maximum Gasteiger partial charge on any atom is 0.326 e. The molecule has 0 bridgehead atoms. The molecule has 104 valence electrons. The zero-order valence-electron chi connectivity index (χ0n) is 11.3. The number of benzene rings is 1. The number of rotatable bonds is 7. The number of carbonyl (C=O) groups is 1. The summed E-state index contributed by atoms with van der Waals surface area (Å²) in [5.41, 5.74) is 1.04. The van der Waals surface area contributed by atoms with Crippen LogP contribution in [-0.4, -0.2) is 35.2 Å². The number of carboxylic acids is 1. The van der Waals surface area contributed by atoms with Crippen molar-refractivity contribution in [1.29, 1.82) is 0 Å². The molecular weight excluding hydrogens is 258 g/mol. The molecule has 0 aromatic heterocycles. The third kappa shape index (κ3) is 3.44. The van der Waals surface area contributed by atoms with E-state index >= 15 is 0 Å². The number of thioether (sulfide) groups is 1. The molecule has 1 aromatic carbocycles. The second kappa shape index (κ2) is 6.85. The second-order valence-electron chi connectivity index (χ2n) is 4.96. The van der Waals surface area contributed by atoms with Crippen molar-refractivity contribution in [2.24, 2.45) is 0 Å². The van der Waals surface area contributed by atoms with Gasteiger partial charge in [-0.1, -0.05) is 18.2 Å². The van der Waals surface area contributed by atoms with Crippen LogP contribution >= 0.6 is 11.8 Å². The van der Waals surface area contributed by atoms with Gasteiger partial charge in [0.2, 0.25) is 0 Å². The average Bonchev–Trinajstić information content (AvgIpc) is 2.36. The number of hydrogen-bond acceptors (Lipinski definition) is 3. The zero-order chi connectivity index (χ0) is 13.7. The molecule has 1 saturated carbocycles. The van der Waals surface area contributed by atoms with E-state index in [0.29, 0.717) is 12.5 Å². The van der Waals surface area contributed by atoms with E-state index in [0.717, 1.165) is 24.3 Å². The van der Waals surface area contributed by atoms with Gasteiger partial charge in [-0.05, 0) is 49.8 Å². The molecule has 0 aliphatic heterocycles. The molecule has 4 heteroatoms. The van der Waals surface area contributed by atoms with Crippen LogP contribution in [0, 0.1) is 0 Å². The second-order valence-corrected chi connectivity index (χ2v) is 5.95. The van der Waals surface area contributed by atoms with E-state index in [4.69, 9.17) is 0 Å². The first-order valence-corrected chi connectivity index (χ1v) is 8.18. The molecule has 1 aliphatic carbocycles. The quantitative estimate of drug-likeness (QED) is 0.832. The van der Waals surface area contributed by atoms with E-state index in [-0.39, 0.29) is 0 Å². The van der Waals surface area contributed by atoms with E-state index in [1.807, 2.05) is 36.6 Å². The molecule has 0 saturated heterocycles. The highest BCUT2D eigenvalue weighted by molar-refractivity contribution is 7.98. The molecule has 3 nitrogen and oxygen atoms in total. The lowest BCUT2D eigenvalue weighted by Crippen LogP contribution is -2.50.